The molecule has 1 aromatic heterocycles. The lowest BCUT2D eigenvalue weighted by Gasteiger charge is -2.24. The summed E-state index contributed by atoms with van der Waals surface area (Å²) in [4.78, 5) is 26.1. The Morgan fingerprint density at radius 3 is 2.67 bits per heavy atom. The maximum absolute atomic E-state index is 12.5. The molecular formula is C19H27NO3S. The number of amides is 1. The van der Waals surface area contributed by atoms with Gasteiger partial charge in [-0.1, -0.05) is 26.2 Å². The second kappa shape index (κ2) is 7.68. The van der Waals surface area contributed by atoms with Gasteiger partial charge in [-0.25, -0.2) is 4.79 Å². The number of thiophene rings is 1. The van der Waals surface area contributed by atoms with Gasteiger partial charge in [0.1, 0.15) is 5.00 Å². The third-order valence-electron chi connectivity index (χ3n) is 5.26. The molecule has 1 N–H and O–H groups in total. The van der Waals surface area contributed by atoms with E-state index in [1.807, 2.05) is 6.92 Å². The first-order valence-corrected chi connectivity index (χ1v) is 10.1. The van der Waals surface area contributed by atoms with Crippen molar-refractivity contribution in [3.05, 3.63) is 16.0 Å². The molecule has 2 aliphatic carbocycles. The normalized spacial score (nSPS) is 20.2. The number of fused-ring (bicyclic) bond motifs is 1. The van der Waals surface area contributed by atoms with Crippen molar-refractivity contribution < 1.29 is 14.3 Å². The molecular weight excluding hydrogens is 322 g/mol. The number of ether oxygens (including phenoxy) is 1. The van der Waals surface area contributed by atoms with Crippen molar-refractivity contribution in [3.63, 3.8) is 0 Å². The highest BCUT2D eigenvalue weighted by Gasteiger charge is 2.32. The van der Waals surface area contributed by atoms with Crippen LogP contribution >= 0.6 is 11.3 Å². The summed E-state index contributed by atoms with van der Waals surface area (Å²) in [5, 5.41) is 3.75. The van der Waals surface area contributed by atoms with E-state index in [1.54, 1.807) is 11.3 Å². The molecule has 0 aromatic carbocycles. The van der Waals surface area contributed by atoms with Crippen molar-refractivity contribution in [1.82, 2.24) is 0 Å². The lowest BCUT2D eigenvalue weighted by Crippen LogP contribution is -2.28. The quantitative estimate of drug-likeness (QED) is 0.766. The van der Waals surface area contributed by atoms with Crippen LogP contribution in [0.3, 0.4) is 0 Å². The summed E-state index contributed by atoms with van der Waals surface area (Å²) >= 11 is 1.59. The van der Waals surface area contributed by atoms with Crippen LogP contribution in [0.2, 0.25) is 0 Å². The molecule has 1 atom stereocenters. The number of rotatable bonds is 6. The number of nitrogens with one attached hydrogen (secondary N) is 1. The largest absolute Gasteiger partial charge is 0.462 e. The fraction of sp³-hybridized carbons (Fsp3) is 0.684. The molecule has 3 rings (SSSR count). The third-order valence-corrected chi connectivity index (χ3v) is 6.43. The summed E-state index contributed by atoms with van der Waals surface area (Å²) in [7, 11) is 0. The van der Waals surface area contributed by atoms with E-state index in [2.05, 4.69) is 12.2 Å². The minimum atomic E-state index is -0.284. The maximum Gasteiger partial charge on any atom is 0.341 e. The molecule has 4 nitrogen and oxygen atoms in total. The monoisotopic (exact) mass is 349 g/mol. The molecule has 0 radical (unpaired) electrons. The Labute approximate surface area is 148 Å². The predicted molar refractivity (Wildman–Crippen MR) is 96.7 cm³/mol. The van der Waals surface area contributed by atoms with E-state index in [0.717, 1.165) is 44.1 Å². The van der Waals surface area contributed by atoms with Gasteiger partial charge < -0.3 is 10.1 Å². The van der Waals surface area contributed by atoms with Crippen LogP contribution in [-0.2, 0) is 22.4 Å². The highest BCUT2D eigenvalue weighted by atomic mass is 32.1. The second-order valence-electron chi connectivity index (χ2n) is 6.94. The lowest BCUT2D eigenvalue weighted by atomic mass is 9.84. The van der Waals surface area contributed by atoms with Crippen LogP contribution in [0.5, 0.6) is 0 Å². The highest BCUT2D eigenvalue weighted by molar-refractivity contribution is 7.17. The van der Waals surface area contributed by atoms with Crippen LogP contribution in [0.1, 0.15) is 73.2 Å². The van der Waals surface area contributed by atoms with Crippen LogP contribution in [0.15, 0.2) is 0 Å². The topological polar surface area (TPSA) is 55.4 Å². The average Bonchev–Trinajstić information content (AvgIpc) is 2.82. The van der Waals surface area contributed by atoms with Crippen molar-refractivity contribution in [2.45, 2.75) is 65.2 Å². The van der Waals surface area contributed by atoms with Gasteiger partial charge in [-0.2, -0.15) is 0 Å². The Kier molecular flexibility index (Phi) is 5.59. The van der Waals surface area contributed by atoms with E-state index >= 15 is 0 Å². The van der Waals surface area contributed by atoms with E-state index in [-0.39, 0.29) is 17.8 Å². The Hall–Kier alpha value is -1.36. The van der Waals surface area contributed by atoms with Crippen molar-refractivity contribution in [3.8, 4) is 0 Å². The van der Waals surface area contributed by atoms with Gasteiger partial charge in [0, 0.05) is 10.8 Å². The molecule has 2 aliphatic rings. The van der Waals surface area contributed by atoms with Crippen LogP contribution < -0.4 is 5.32 Å². The van der Waals surface area contributed by atoms with E-state index in [9.17, 15) is 9.59 Å². The summed E-state index contributed by atoms with van der Waals surface area (Å²) in [6.45, 7) is 4.40. The standard InChI is InChI=1S/C19H27NO3S/c1-3-6-12-9-10-14-15(11-12)24-18(16(14)19(22)23-4-2)20-17(21)13-7-5-8-13/h12-13H,3-11H2,1-2H3,(H,20,21)/t12-/m1/s1. The van der Waals surface area contributed by atoms with Crippen molar-refractivity contribution in [1.29, 1.82) is 0 Å². The zero-order chi connectivity index (χ0) is 17.1. The summed E-state index contributed by atoms with van der Waals surface area (Å²) in [5.74, 6) is 0.599. The fourth-order valence-electron chi connectivity index (χ4n) is 3.70. The van der Waals surface area contributed by atoms with Crippen molar-refractivity contribution in [2.75, 3.05) is 11.9 Å². The molecule has 0 bridgehead atoms. The van der Waals surface area contributed by atoms with Gasteiger partial charge in [0.25, 0.3) is 0 Å². The van der Waals surface area contributed by atoms with E-state index in [1.165, 1.54) is 17.7 Å². The minimum Gasteiger partial charge on any atom is -0.462 e. The van der Waals surface area contributed by atoms with Gasteiger partial charge in [0.2, 0.25) is 5.91 Å². The molecule has 0 spiro atoms. The summed E-state index contributed by atoms with van der Waals surface area (Å²) in [6.07, 6.45) is 8.55. The SMILES string of the molecule is CCC[C@@H]1CCc2c(sc(NC(=O)C3CCC3)c2C(=O)OCC)C1. The molecule has 24 heavy (non-hydrogen) atoms. The molecule has 1 amide bonds. The minimum absolute atomic E-state index is 0.0653. The van der Waals surface area contributed by atoms with Crippen LogP contribution in [0.25, 0.3) is 0 Å². The number of anilines is 1. The van der Waals surface area contributed by atoms with Gasteiger partial charge in [-0.15, -0.1) is 11.3 Å². The molecule has 0 unspecified atom stereocenters. The van der Waals surface area contributed by atoms with E-state index in [0.29, 0.717) is 23.1 Å². The summed E-state index contributed by atoms with van der Waals surface area (Å²) in [5.41, 5.74) is 1.74. The van der Waals surface area contributed by atoms with Gasteiger partial charge in [-0.05, 0) is 50.5 Å². The maximum atomic E-state index is 12.5. The first kappa shape index (κ1) is 17.5. The molecule has 132 valence electrons. The molecule has 1 aromatic rings. The molecule has 1 fully saturated rings. The first-order valence-electron chi connectivity index (χ1n) is 9.26. The van der Waals surface area contributed by atoms with Crippen LogP contribution in [0, 0.1) is 11.8 Å². The van der Waals surface area contributed by atoms with E-state index < -0.39 is 0 Å². The Bertz CT molecular complexity index is 618. The van der Waals surface area contributed by atoms with Crippen molar-refractivity contribution in [2.24, 2.45) is 11.8 Å². The number of carbonyl (C=O) groups is 2. The van der Waals surface area contributed by atoms with Gasteiger partial charge >= 0.3 is 5.97 Å². The molecule has 1 saturated carbocycles. The number of esters is 1. The zero-order valence-corrected chi connectivity index (χ0v) is 15.5. The van der Waals surface area contributed by atoms with Crippen molar-refractivity contribution >= 4 is 28.2 Å². The van der Waals surface area contributed by atoms with Gasteiger partial charge in [-0.3, -0.25) is 4.79 Å². The average molecular weight is 349 g/mol. The highest BCUT2D eigenvalue weighted by Crippen LogP contribution is 2.41. The second-order valence-corrected chi connectivity index (χ2v) is 8.05. The Morgan fingerprint density at radius 1 is 1.25 bits per heavy atom. The van der Waals surface area contributed by atoms with Gasteiger partial charge in [0.05, 0.1) is 12.2 Å². The fourth-order valence-corrected chi connectivity index (χ4v) is 5.05. The molecule has 5 heteroatoms. The number of hydrogen-bond donors (Lipinski definition) is 1. The number of carbonyl (C=O) groups excluding carboxylic acids is 2. The summed E-state index contributed by atoms with van der Waals surface area (Å²) < 4.78 is 5.27. The number of hydrogen-bond acceptors (Lipinski definition) is 4. The summed E-state index contributed by atoms with van der Waals surface area (Å²) in [6, 6.07) is 0. The molecule has 0 aliphatic heterocycles. The van der Waals surface area contributed by atoms with Crippen LogP contribution in [0.4, 0.5) is 5.00 Å². The zero-order valence-electron chi connectivity index (χ0n) is 14.7. The third kappa shape index (κ3) is 3.51. The Morgan fingerprint density at radius 2 is 2.04 bits per heavy atom. The smallest absolute Gasteiger partial charge is 0.341 e. The Balaban J connectivity index is 1.85. The molecule has 0 saturated heterocycles. The molecule has 1 heterocycles. The predicted octanol–water partition coefficient (Wildman–Crippen LogP) is 4.57. The lowest BCUT2D eigenvalue weighted by molar-refractivity contribution is -0.122. The van der Waals surface area contributed by atoms with Gasteiger partial charge in [0.15, 0.2) is 0 Å². The van der Waals surface area contributed by atoms with Crippen LogP contribution in [-0.4, -0.2) is 18.5 Å². The first-order chi connectivity index (χ1) is 11.6. The van der Waals surface area contributed by atoms with E-state index in [4.69, 9.17) is 4.74 Å².